The SMILES string of the molecule is CCCC/C=C/CCC(=O)N[C@@H](CCC(=O)NCCCC)C(=O)NCCCC. The average Bonchev–Trinajstić information content (AvgIpc) is 2.68. The van der Waals surface area contributed by atoms with Crippen LogP contribution in [0.15, 0.2) is 12.2 Å². The first-order valence-electron chi connectivity index (χ1n) is 11.0. The number of carbonyl (C=O) groups excluding carboxylic acids is 3. The van der Waals surface area contributed by atoms with Gasteiger partial charge in [-0.05, 0) is 32.1 Å². The van der Waals surface area contributed by atoms with E-state index in [0.29, 0.717) is 32.4 Å². The van der Waals surface area contributed by atoms with Crippen LogP contribution in [0.25, 0.3) is 0 Å². The smallest absolute Gasteiger partial charge is 0.242 e. The van der Waals surface area contributed by atoms with Gasteiger partial charge in [0.1, 0.15) is 6.04 Å². The van der Waals surface area contributed by atoms with Crippen molar-refractivity contribution in [1.29, 1.82) is 0 Å². The maximum absolute atomic E-state index is 12.4. The number of nitrogens with one attached hydrogen (secondary N) is 3. The molecule has 0 aromatic rings. The van der Waals surface area contributed by atoms with E-state index in [9.17, 15) is 14.4 Å². The fourth-order valence-electron chi connectivity index (χ4n) is 2.59. The van der Waals surface area contributed by atoms with Gasteiger partial charge >= 0.3 is 0 Å². The summed E-state index contributed by atoms with van der Waals surface area (Å²) in [5, 5.41) is 8.51. The van der Waals surface area contributed by atoms with Crippen LogP contribution in [0.4, 0.5) is 0 Å². The van der Waals surface area contributed by atoms with Crippen LogP contribution in [-0.4, -0.2) is 36.9 Å². The van der Waals surface area contributed by atoms with Crippen molar-refractivity contribution in [1.82, 2.24) is 16.0 Å². The predicted molar refractivity (Wildman–Crippen MR) is 115 cm³/mol. The normalized spacial score (nSPS) is 12.0. The molecule has 0 saturated heterocycles. The van der Waals surface area contributed by atoms with Gasteiger partial charge in [0, 0.05) is 25.9 Å². The van der Waals surface area contributed by atoms with Gasteiger partial charge in [-0.3, -0.25) is 14.4 Å². The summed E-state index contributed by atoms with van der Waals surface area (Å²) in [6.07, 6.45) is 12.9. The molecule has 0 heterocycles. The summed E-state index contributed by atoms with van der Waals surface area (Å²) >= 11 is 0. The molecule has 28 heavy (non-hydrogen) atoms. The molecule has 0 saturated carbocycles. The third-order valence-electron chi connectivity index (χ3n) is 4.42. The second-order valence-corrected chi connectivity index (χ2v) is 7.16. The van der Waals surface area contributed by atoms with Gasteiger partial charge in [-0.15, -0.1) is 0 Å². The molecular weight excluding hydrogens is 354 g/mol. The largest absolute Gasteiger partial charge is 0.356 e. The van der Waals surface area contributed by atoms with E-state index in [2.05, 4.69) is 42.8 Å². The molecule has 162 valence electrons. The molecule has 0 aromatic carbocycles. The quantitative estimate of drug-likeness (QED) is 0.260. The molecule has 1 atom stereocenters. The number of hydrogen-bond donors (Lipinski definition) is 3. The fourth-order valence-corrected chi connectivity index (χ4v) is 2.59. The molecule has 0 aliphatic heterocycles. The molecule has 0 unspecified atom stereocenters. The second kappa shape index (κ2) is 18.5. The van der Waals surface area contributed by atoms with Crippen LogP contribution in [0.5, 0.6) is 0 Å². The Labute approximate surface area is 171 Å². The first-order valence-corrected chi connectivity index (χ1v) is 11.0. The van der Waals surface area contributed by atoms with Crippen molar-refractivity contribution in [2.45, 2.75) is 97.4 Å². The Morgan fingerprint density at radius 3 is 2.00 bits per heavy atom. The molecule has 3 N–H and O–H groups in total. The number of unbranched alkanes of at least 4 members (excludes halogenated alkanes) is 4. The van der Waals surface area contributed by atoms with Crippen molar-refractivity contribution in [2.75, 3.05) is 13.1 Å². The Balaban J connectivity index is 4.45. The summed E-state index contributed by atoms with van der Waals surface area (Å²) in [7, 11) is 0. The minimum absolute atomic E-state index is 0.0760. The van der Waals surface area contributed by atoms with Gasteiger partial charge in [-0.2, -0.15) is 0 Å². The molecule has 0 aliphatic carbocycles. The maximum Gasteiger partial charge on any atom is 0.242 e. The molecule has 0 aliphatic rings. The Bertz CT molecular complexity index is 464. The second-order valence-electron chi connectivity index (χ2n) is 7.16. The van der Waals surface area contributed by atoms with Gasteiger partial charge in [0.15, 0.2) is 0 Å². The summed E-state index contributed by atoms with van der Waals surface area (Å²) in [6.45, 7) is 7.51. The van der Waals surface area contributed by atoms with Crippen molar-refractivity contribution >= 4 is 17.7 Å². The van der Waals surface area contributed by atoms with Gasteiger partial charge in [0.2, 0.25) is 17.7 Å². The lowest BCUT2D eigenvalue weighted by Gasteiger charge is -2.18. The van der Waals surface area contributed by atoms with E-state index in [1.54, 1.807) is 0 Å². The number of carbonyl (C=O) groups is 3. The van der Waals surface area contributed by atoms with E-state index in [4.69, 9.17) is 0 Å². The summed E-state index contributed by atoms with van der Waals surface area (Å²) < 4.78 is 0. The highest BCUT2D eigenvalue weighted by molar-refractivity contribution is 5.88. The van der Waals surface area contributed by atoms with Crippen molar-refractivity contribution in [3.8, 4) is 0 Å². The van der Waals surface area contributed by atoms with Gasteiger partial charge in [-0.25, -0.2) is 0 Å². The highest BCUT2D eigenvalue weighted by Crippen LogP contribution is 2.02. The van der Waals surface area contributed by atoms with Crippen molar-refractivity contribution in [3.63, 3.8) is 0 Å². The number of rotatable bonds is 17. The highest BCUT2D eigenvalue weighted by Gasteiger charge is 2.21. The number of amides is 3. The van der Waals surface area contributed by atoms with E-state index in [-0.39, 0.29) is 24.1 Å². The number of allylic oxidation sites excluding steroid dienone is 2. The van der Waals surface area contributed by atoms with Crippen LogP contribution in [0.2, 0.25) is 0 Å². The molecule has 0 rings (SSSR count). The lowest BCUT2D eigenvalue weighted by Crippen LogP contribution is -2.47. The topological polar surface area (TPSA) is 87.3 Å². The summed E-state index contributed by atoms with van der Waals surface area (Å²) in [4.78, 5) is 36.5. The van der Waals surface area contributed by atoms with Crippen LogP contribution in [0.3, 0.4) is 0 Å². The van der Waals surface area contributed by atoms with E-state index >= 15 is 0 Å². The summed E-state index contributed by atoms with van der Waals surface area (Å²) in [6, 6.07) is -0.662. The third-order valence-corrected chi connectivity index (χ3v) is 4.42. The molecule has 0 radical (unpaired) electrons. The van der Waals surface area contributed by atoms with Crippen LogP contribution in [0, 0.1) is 0 Å². The number of hydrogen-bond acceptors (Lipinski definition) is 3. The summed E-state index contributed by atoms with van der Waals surface area (Å²) in [5.41, 5.74) is 0. The third kappa shape index (κ3) is 15.2. The monoisotopic (exact) mass is 395 g/mol. The molecule has 0 bridgehead atoms. The molecule has 0 fully saturated rings. The molecule has 6 heteroatoms. The van der Waals surface area contributed by atoms with Crippen LogP contribution in [-0.2, 0) is 14.4 Å². The molecule has 3 amide bonds. The maximum atomic E-state index is 12.4. The zero-order chi connectivity index (χ0) is 21.0. The van der Waals surface area contributed by atoms with Crippen LogP contribution in [0.1, 0.15) is 91.4 Å². The van der Waals surface area contributed by atoms with E-state index in [1.165, 1.54) is 0 Å². The van der Waals surface area contributed by atoms with Gasteiger partial charge in [0.05, 0.1) is 0 Å². The minimum Gasteiger partial charge on any atom is -0.356 e. The lowest BCUT2D eigenvalue weighted by atomic mass is 10.1. The Morgan fingerprint density at radius 1 is 0.750 bits per heavy atom. The summed E-state index contributed by atoms with van der Waals surface area (Å²) in [5.74, 6) is -0.434. The van der Waals surface area contributed by atoms with Crippen molar-refractivity contribution in [3.05, 3.63) is 12.2 Å². The molecule has 0 spiro atoms. The van der Waals surface area contributed by atoms with Gasteiger partial charge in [-0.1, -0.05) is 58.6 Å². The van der Waals surface area contributed by atoms with Crippen molar-refractivity contribution < 1.29 is 14.4 Å². The standard InChI is InChI=1S/C22H41N3O3/c1-4-7-10-11-12-13-14-21(27)25-19(22(28)24-18-9-6-3)15-16-20(26)23-17-8-5-2/h11-12,19H,4-10,13-18H2,1-3H3,(H,23,26)(H,24,28)(H,25,27)/b12-11+/t19-/m0/s1. The average molecular weight is 396 g/mol. The first kappa shape index (κ1) is 26.1. The van der Waals surface area contributed by atoms with Gasteiger partial charge in [0.25, 0.3) is 0 Å². The van der Waals surface area contributed by atoms with Crippen LogP contribution >= 0.6 is 0 Å². The van der Waals surface area contributed by atoms with E-state index in [1.807, 2.05) is 6.08 Å². The Hall–Kier alpha value is -1.85. The van der Waals surface area contributed by atoms with Crippen LogP contribution < -0.4 is 16.0 Å². The molecule has 6 nitrogen and oxygen atoms in total. The first-order chi connectivity index (χ1) is 13.5. The van der Waals surface area contributed by atoms with Crippen molar-refractivity contribution in [2.24, 2.45) is 0 Å². The Morgan fingerprint density at radius 2 is 1.36 bits per heavy atom. The molecule has 0 aromatic heterocycles. The van der Waals surface area contributed by atoms with Gasteiger partial charge < -0.3 is 16.0 Å². The van der Waals surface area contributed by atoms with E-state index < -0.39 is 6.04 Å². The highest BCUT2D eigenvalue weighted by atomic mass is 16.2. The fraction of sp³-hybridized carbons (Fsp3) is 0.773. The Kier molecular flexibility index (Phi) is 17.3. The zero-order valence-electron chi connectivity index (χ0n) is 18.1. The minimum atomic E-state index is -0.662. The predicted octanol–water partition coefficient (Wildman–Crippen LogP) is 3.61. The zero-order valence-corrected chi connectivity index (χ0v) is 18.1. The van der Waals surface area contributed by atoms with E-state index in [0.717, 1.165) is 44.9 Å². The lowest BCUT2D eigenvalue weighted by molar-refractivity contribution is -0.129. The molecular formula is C22H41N3O3.